The van der Waals surface area contributed by atoms with Gasteiger partial charge in [-0.2, -0.15) is 0 Å². The molecule has 0 atom stereocenters. The Morgan fingerprint density at radius 3 is 2.36 bits per heavy atom. The largest absolute Gasteiger partial charge is 0.481 e. The number of carboxylic acids is 1. The molecule has 33 heavy (non-hydrogen) atoms. The number of hydrogen-bond acceptors (Lipinski definition) is 3. The number of aryl methyl sites for hydroxylation is 1. The number of rotatable bonds is 7. The van der Waals surface area contributed by atoms with Gasteiger partial charge in [0, 0.05) is 41.0 Å². The molecule has 0 aliphatic heterocycles. The van der Waals surface area contributed by atoms with Gasteiger partial charge >= 0.3 is 5.97 Å². The molecule has 2 amide bonds. The van der Waals surface area contributed by atoms with Crippen LogP contribution in [0.2, 0.25) is 0 Å². The smallest absolute Gasteiger partial charge is 0.305 e. The van der Waals surface area contributed by atoms with Crippen LogP contribution in [0.5, 0.6) is 0 Å². The number of benzene rings is 3. The minimum Gasteiger partial charge on any atom is -0.481 e. The van der Waals surface area contributed by atoms with Crippen molar-refractivity contribution in [3.63, 3.8) is 0 Å². The normalized spacial score (nSPS) is 11.5. The van der Waals surface area contributed by atoms with Gasteiger partial charge in [-0.3, -0.25) is 14.4 Å². The molecule has 4 rings (SSSR count). The highest BCUT2D eigenvalue weighted by atomic mass is 16.4. The van der Waals surface area contributed by atoms with Crippen LogP contribution in [-0.2, 0) is 16.6 Å². The van der Waals surface area contributed by atoms with Crippen LogP contribution < -0.4 is 10.6 Å². The number of nitrogens with one attached hydrogen (secondary N) is 2. The van der Waals surface area contributed by atoms with Crippen molar-refractivity contribution in [3.05, 3.63) is 89.6 Å². The third kappa shape index (κ3) is 4.77. The topological polar surface area (TPSA) is 100 Å². The number of fused-ring (bicyclic) bond motifs is 3. The number of carbonyl (C=O) groups excluding carboxylic acids is 2. The molecular weight excluding hydrogens is 418 g/mol. The molecule has 1 aromatic heterocycles. The second-order valence-electron chi connectivity index (χ2n) is 7.63. The monoisotopic (exact) mass is 441 g/mol. The second kappa shape index (κ2) is 9.40. The zero-order valence-corrected chi connectivity index (χ0v) is 18.0. The third-order valence-corrected chi connectivity index (χ3v) is 5.40. The van der Waals surface area contributed by atoms with Crippen molar-refractivity contribution in [2.75, 3.05) is 6.54 Å². The van der Waals surface area contributed by atoms with Gasteiger partial charge in [0.15, 0.2) is 0 Å². The van der Waals surface area contributed by atoms with Crippen molar-refractivity contribution in [2.24, 2.45) is 7.05 Å². The van der Waals surface area contributed by atoms with E-state index in [1.807, 2.05) is 49.5 Å². The standard InChI is InChI=1S/C26H23N3O4/c1-29-22-10-6-5-9-19(22)20-15-17(11-12-23(20)29)16-21(26(33)27-14-13-24(30)31)28-25(32)18-7-3-2-4-8-18/h2-12,15-16H,13-14H2,1H3,(H,27,33)(H,28,32)(H,30,31)/b21-16-. The Kier molecular flexibility index (Phi) is 6.22. The van der Waals surface area contributed by atoms with Gasteiger partial charge in [-0.25, -0.2) is 0 Å². The maximum atomic E-state index is 12.8. The molecule has 0 aliphatic carbocycles. The minimum atomic E-state index is -1.02. The molecule has 3 aromatic carbocycles. The summed E-state index contributed by atoms with van der Waals surface area (Å²) in [6.07, 6.45) is 1.38. The molecule has 7 heteroatoms. The van der Waals surface area contributed by atoms with Gasteiger partial charge in [0.1, 0.15) is 5.70 Å². The van der Waals surface area contributed by atoms with Gasteiger partial charge in [0.2, 0.25) is 0 Å². The number of aromatic nitrogens is 1. The predicted molar refractivity (Wildman–Crippen MR) is 128 cm³/mol. The van der Waals surface area contributed by atoms with Crippen molar-refractivity contribution >= 4 is 45.7 Å². The van der Waals surface area contributed by atoms with Crippen LogP contribution in [0.15, 0.2) is 78.5 Å². The maximum absolute atomic E-state index is 12.8. The molecule has 0 unspecified atom stereocenters. The fourth-order valence-corrected chi connectivity index (χ4v) is 3.76. The predicted octanol–water partition coefficient (Wildman–Crippen LogP) is 3.69. The highest BCUT2D eigenvalue weighted by Gasteiger charge is 2.15. The van der Waals surface area contributed by atoms with E-state index >= 15 is 0 Å². The Bertz CT molecular complexity index is 1390. The first-order valence-corrected chi connectivity index (χ1v) is 10.5. The number of amides is 2. The number of nitrogens with zero attached hydrogens (tertiary/aromatic N) is 1. The summed E-state index contributed by atoms with van der Waals surface area (Å²) in [5.41, 5.74) is 3.32. The van der Waals surface area contributed by atoms with E-state index < -0.39 is 17.8 Å². The molecule has 7 nitrogen and oxygen atoms in total. The van der Waals surface area contributed by atoms with Crippen LogP contribution in [0.1, 0.15) is 22.3 Å². The van der Waals surface area contributed by atoms with Gasteiger partial charge in [-0.05, 0) is 42.0 Å². The molecule has 3 N–H and O–H groups in total. The van der Waals surface area contributed by atoms with E-state index in [0.29, 0.717) is 5.56 Å². The second-order valence-corrected chi connectivity index (χ2v) is 7.63. The number of carboxylic acid groups (broad SMARTS) is 1. The van der Waals surface area contributed by atoms with E-state index in [4.69, 9.17) is 5.11 Å². The summed E-state index contributed by atoms with van der Waals surface area (Å²) in [5, 5.41) is 16.2. The van der Waals surface area contributed by atoms with Crippen LogP contribution in [-0.4, -0.2) is 34.0 Å². The molecule has 0 saturated heterocycles. The van der Waals surface area contributed by atoms with Crippen molar-refractivity contribution < 1.29 is 19.5 Å². The quantitative estimate of drug-likeness (QED) is 0.381. The lowest BCUT2D eigenvalue weighted by atomic mass is 10.1. The lowest BCUT2D eigenvalue weighted by Crippen LogP contribution is -2.35. The van der Waals surface area contributed by atoms with Gasteiger partial charge in [0.25, 0.3) is 11.8 Å². The fraction of sp³-hybridized carbons (Fsp3) is 0.115. The van der Waals surface area contributed by atoms with E-state index in [9.17, 15) is 14.4 Å². The molecule has 0 fully saturated rings. The average molecular weight is 441 g/mol. The minimum absolute atomic E-state index is 0.0360. The van der Waals surface area contributed by atoms with Crippen LogP contribution in [0, 0.1) is 0 Å². The van der Waals surface area contributed by atoms with E-state index in [1.54, 1.807) is 36.4 Å². The zero-order chi connectivity index (χ0) is 23.4. The highest BCUT2D eigenvalue weighted by molar-refractivity contribution is 6.09. The van der Waals surface area contributed by atoms with Crippen LogP contribution in [0.3, 0.4) is 0 Å². The molecular formula is C26H23N3O4. The van der Waals surface area contributed by atoms with E-state index in [2.05, 4.69) is 15.2 Å². The molecule has 0 spiro atoms. The summed E-state index contributed by atoms with van der Waals surface area (Å²) in [4.78, 5) is 36.3. The average Bonchev–Trinajstić information content (AvgIpc) is 3.10. The molecule has 166 valence electrons. The summed E-state index contributed by atoms with van der Waals surface area (Å²) >= 11 is 0. The molecule has 0 bridgehead atoms. The first-order valence-electron chi connectivity index (χ1n) is 10.5. The van der Waals surface area contributed by atoms with Crippen molar-refractivity contribution in [1.82, 2.24) is 15.2 Å². The van der Waals surface area contributed by atoms with E-state index in [0.717, 1.165) is 27.4 Å². The van der Waals surface area contributed by atoms with Crippen LogP contribution >= 0.6 is 0 Å². The van der Waals surface area contributed by atoms with Crippen molar-refractivity contribution in [2.45, 2.75) is 6.42 Å². The summed E-state index contributed by atoms with van der Waals surface area (Å²) in [7, 11) is 2.00. The van der Waals surface area contributed by atoms with Gasteiger partial charge in [0.05, 0.1) is 6.42 Å². The van der Waals surface area contributed by atoms with Gasteiger partial charge < -0.3 is 20.3 Å². The van der Waals surface area contributed by atoms with Crippen LogP contribution in [0.25, 0.3) is 27.9 Å². The lowest BCUT2D eigenvalue weighted by Gasteiger charge is -2.11. The number of hydrogen-bond donors (Lipinski definition) is 3. The fourth-order valence-electron chi connectivity index (χ4n) is 3.76. The Morgan fingerprint density at radius 1 is 0.909 bits per heavy atom. The summed E-state index contributed by atoms with van der Waals surface area (Å²) in [6, 6.07) is 22.4. The SMILES string of the molecule is Cn1c2ccccc2c2cc(/C=C(\NC(=O)c3ccccc3)C(=O)NCCC(=O)O)ccc21. The Hall–Kier alpha value is -4.39. The molecule has 4 aromatic rings. The number of carbonyl (C=O) groups is 3. The highest BCUT2D eigenvalue weighted by Crippen LogP contribution is 2.29. The summed E-state index contributed by atoms with van der Waals surface area (Å²) in [6.45, 7) is -0.0466. The lowest BCUT2D eigenvalue weighted by molar-refractivity contribution is -0.136. The van der Waals surface area contributed by atoms with Gasteiger partial charge in [-0.15, -0.1) is 0 Å². The summed E-state index contributed by atoms with van der Waals surface area (Å²) in [5.74, 6) is -2.00. The first-order chi connectivity index (χ1) is 15.9. The Morgan fingerprint density at radius 2 is 1.61 bits per heavy atom. The molecule has 0 aliphatic rings. The Labute approximate surface area is 190 Å². The van der Waals surface area contributed by atoms with Gasteiger partial charge in [-0.1, -0.05) is 42.5 Å². The van der Waals surface area contributed by atoms with Crippen molar-refractivity contribution in [1.29, 1.82) is 0 Å². The molecule has 0 radical (unpaired) electrons. The maximum Gasteiger partial charge on any atom is 0.305 e. The Balaban J connectivity index is 1.70. The van der Waals surface area contributed by atoms with Crippen LogP contribution in [0.4, 0.5) is 0 Å². The van der Waals surface area contributed by atoms with E-state index in [1.165, 1.54) is 0 Å². The number of para-hydroxylation sites is 1. The third-order valence-electron chi connectivity index (χ3n) is 5.40. The molecule has 1 heterocycles. The summed E-state index contributed by atoms with van der Waals surface area (Å²) < 4.78 is 2.11. The number of aliphatic carboxylic acids is 1. The molecule has 0 saturated carbocycles. The van der Waals surface area contributed by atoms with Crippen molar-refractivity contribution in [3.8, 4) is 0 Å². The first kappa shape index (κ1) is 21.8. The zero-order valence-electron chi connectivity index (χ0n) is 18.0. The van der Waals surface area contributed by atoms with E-state index in [-0.39, 0.29) is 18.7 Å².